The number of halogens is 1. The second kappa shape index (κ2) is 5.74. The Labute approximate surface area is 111 Å². The van der Waals surface area contributed by atoms with E-state index < -0.39 is 5.60 Å². The summed E-state index contributed by atoms with van der Waals surface area (Å²) in [5, 5.41) is 13.4. The molecule has 0 aliphatic heterocycles. The van der Waals surface area contributed by atoms with E-state index in [2.05, 4.69) is 21.2 Å². The maximum absolute atomic E-state index is 10.2. The first-order valence-electron chi connectivity index (χ1n) is 5.66. The Bertz CT molecular complexity index is 378. The van der Waals surface area contributed by atoms with Gasteiger partial charge in [0.15, 0.2) is 0 Å². The molecule has 0 aliphatic rings. The van der Waals surface area contributed by atoms with Crippen LogP contribution in [0.5, 0.6) is 5.75 Å². The van der Waals surface area contributed by atoms with Gasteiger partial charge in [-0.15, -0.1) is 0 Å². The molecule has 0 radical (unpaired) electrons. The molecule has 0 bridgehead atoms. The van der Waals surface area contributed by atoms with Crippen LogP contribution in [0.2, 0.25) is 0 Å². The van der Waals surface area contributed by atoms with Crippen LogP contribution in [0.25, 0.3) is 0 Å². The number of benzene rings is 1. The van der Waals surface area contributed by atoms with E-state index >= 15 is 0 Å². The van der Waals surface area contributed by atoms with Crippen molar-refractivity contribution in [3.63, 3.8) is 0 Å². The average molecular weight is 302 g/mol. The largest absolute Gasteiger partial charge is 0.497 e. The maximum Gasteiger partial charge on any atom is 0.121 e. The third-order valence-corrected chi connectivity index (χ3v) is 3.75. The normalized spacial score (nSPS) is 14.5. The molecule has 0 fully saturated rings. The minimum atomic E-state index is -0.734. The molecule has 1 atom stereocenters. The number of aliphatic hydroxyl groups is 1. The molecule has 0 amide bonds. The van der Waals surface area contributed by atoms with Crippen LogP contribution in [0.15, 0.2) is 22.7 Å². The standard InChI is InChI=1S/C13H20BrNO2/c1-9(2)13(3,16)8-15-12-7-10(17-4)5-6-11(12)14/h5-7,9,15-16H,8H2,1-4H3. The fraction of sp³-hybridized carbons (Fsp3) is 0.538. The van der Waals surface area contributed by atoms with Crippen molar-refractivity contribution in [2.45, 2.75) is 26.4 Å². The molecule has 2 N–H and O–H groups in total. The highest BCUT2D eigenvalue weighted by molar-refractivity contribution is 9.10. The van der Waals surface area contributed by atoms with Crippen molar-refractivity contribution in [3.8, 4) is 5.75 Å². The highest BCUT2D eigenvalue weighted by Crippen LogP contribution is 2.28. The molecule has 0 spiro atoms. The van der Waals surface area contributed by atoms with E-state index in [1.165, 1.54) is 0 Å². The summed E-state index contributed by atoms with van der Waals surface area (Å²) in [6.45, 7) is 6.33. The number of methoxy groups -OCH3 is 1. The molecule has 1 aromatic carbocycles. The zero-order chi connectivity index (χ0) is 13.1. The molecule has 0 aromatic heterocycles. The molecule has 0 saturated carbocycles. The Hall–Kier alpha value is -0.740. The van der Waals surface area contributed by atoms with E-state index in [9.17, 15) is 5.11 Å². The molecule has 4 heteroatoms. The van der Waals surface area contributed by atoms with E-state index in [0.717, 1.165) is 15.9 Å². The molecular weight excluding hydrogens is 282 g/mol. The van der Waals surface area contributed by atoms with Gasteiger partial charge in [-0.25, -0.2) is 0 Å². The summed E-state index contributed by atoms with van der Waals surface area (Å²) in [4.78, 5) is 0. The monoisotopic (exact) mass is 301 g/mol. The van der Waals surface area contributed by atoms with Crippen LogP contribution in [-0.4, -0.2) is 24.4 Å². The molecule has 96 valence electrons. The molecule has 3 nitrogen and oxygen atoms in total. The second-order valence-corrected chi connectivity index (χ2v) is 5.57. The smallest absolute Gasteiger partial charge is 0.121 e. The van der Waals surface area contributed by atoms with Crippen molar-refractivity contribution in [2.24, 2.45) is 5.92 Å². The number of hydrogen-bond acceptors (Lipinski definition) is 3. The van der Waals surface area contributed by atoms with E-state index in [-0.39, 0.29) is 5.92 Å². The fourth-order valence-electron chi connectivity index (χ4n) is 1.25. The van der Waals surface area contributed by atoms with Crippen LogP contribution >= 0.6 is 15.9 Å². The van der Waals surface area contributed by atoms with Gasteiger partial charge in [-0.05, 0) is 40.9 Å². The summed E-state index contributed by atoms with van der Waals surface area (Å²) in [6, 6.07) is 5.71. The zero-order valence-electron chi connectivity index (χ0n) is 10.7. The molecule has 1 rings (SSSR count). The van der Waals surface area contributed by atoms with Crippen LogP contribution < -0.4 is 10.1 Å². The van der Waals surface area contributed by atoms with Crippen LogP contribution in [0.3, 0.4) is 0 Å². The van der Waals surface area contributed by atoms with Crippen molar-refractivity contribution in [3.05, 3.63) is 22.7 Å². The number of anilines is 1. The van der Waals surface area contributed by atoms with E-state index in [0.29, 0.717) is 6.54 Å². The topological polar surface area (TPSA) is 41.5 Å². The van der Waals surface area contributed by atoms with Crippen molar-refractivity contribution in [1.29, 1.82) is 0 Å². The summed E-state index contributed by atoms with van der Waals surface area (Å²) in [5.41, 5.74) is 0.188. The summed E-state index contributed by atoms with van der Waals surface area (Å²) in [7, 11) is 1.64. The highest BCUT2D eigenvalue weighted by atomic mass is 79.9. The van der Waals surface area contributed by atoms with Gasteiger partial charge in [-0.3, -0.25) is 0 Å². The average Bonchev–Trinajstić information content (AvgIpc) is 2.28. The van der Waals surface area contributed by atoms with Crippen LogP contribution in [0, 0.1) is 5.92 Å². The third-order valence-electron chi connectivity index (χ3n) is 3.05. The lowest BCUT2D eigenvalue weighted by molar-refractivity contribution is 0.0266. The predicted octanol–water partition coefficient (Wildman–Crippen LogP) is 3.28. The second-order valence-electron chi connectivity index (χ2n) is 4.71. The predicted molar refractivity (Wildman–Crippen MR) is 74.6 cm³/mol. The molecule has 17 heavy (non-hydrogen) atoms. The van der Waals surface area contributed by atoms with Gasteiger partial charge < -0.3 is 15.2 Å². The number of ether oxygens (including phenoxy) is 1. The highest BCUT2D eigenvalue weighted by Gasteiger charge is 2.24. The van der Waals surface area contributed by atoms with Crippen molar-refractivity contribution in [1.82, 2.24) is 0 Å². The Balaban J connectivity index is 2.75. The van der Waals surface area contributed by atoms with Gasteiger partial charge in [-0.2, -0.15) is 0 Å². The lowest BCUT2D eigenvalue weighted by Crippen LogP contribution is -2.38. The number of rotatable bonds is 5. The maximum atomic E-state index is 10.2. The molecule has 0 saturated heterocycles. The van der Waals surface area contributed by atoms with Gasteiger partial charge in [0, 0.05) is 17.1 Å². The summed E-state index contributed by atoms with van der Waals surface area (Å²) < 4.78 is 6.12. The van der Waals surface area contributed by atoms with Gasteiger partial charge in [0.25, 0.3) is 0 Å². The molecular formula is C13H20BrNO2. The third kappa shape index (κ3) is 3.89. The SMILES string of the molecule is COc1ccc(Br)c(NCC(C)(O)C(C)C)c1. The Morgan fingerprint density at radius 1 is 1.47 bits per heavy atom. The molecule has 1 aromatic rings. The summed E-state index contributed by atoms with van der Waals surface area (Å²) in [5.74, 6) is 0.985. The van der Waals surface area contributed by atoms with E-state index in [1.54, 1.807) is 7.11 Å². The van der Waals surface area contributed by atoms with Gasteiger partial charge >= 0.3 is 0 Å². The minimum absolute atomic E-state index is 0.194. The van der Waals surface area contributed by atoms with Crippen molar-refractivity contribution in [2.75, 3.05) is 19.0 Å². The first kappa shape index (κ1) is 14.3. The molecule has 0 heterocycles. The van der Waals surface area contributed by atoms with Gasteiger partial charge in [0.2, 0.25) is 0 Å². The minimum Gasteiger partial charge on any atom is -0.497 e. The molecule has 1 unspecified atom stereocenters. The van der Waals surface area contributed by atoms with Crippen LogP contribution in [-0.2, 0) is 0 Å². The van der Waals surface area contributed by atoms with Crippen LogP contribution in [0.4, 0.5) is 5.69 Å². The van der Waals surface area contributed by atoms with Crippen LogP contribution in [0.1, 0.15) is 20.8 Å². The Kier molecular flexibility index (Phi) is 4.83. The first-order chi connectivity index (χ1) is 7.86. The lowest BCUT2D eigenvalue weighted by Gasteiger charge is -2.28. The zero-order valence-corrected chi connectivity index (χ0v) is 12.3. The summed E-state index contributed by atoms with van der Waals surface area (Å²) >= 11 is 3.46. The van der Waals surface area contributed by atoms with Crippen molar-refractivity contribution < 1.29 is 9.84 Å². The lowest BCUT2D eigenvalue weighted by atomic mass is 9.92. The van der Waals surface area contributed by atoms with Gasteiger partial charge in [-0.1, -0.05) is 13.8 Å². The number of hydrogen-bond donors (Lipinski definition) is 2. The molecule has 0 aliphatic carbocycles. The first-order valence-corrected chi connectivity index (χ1v) is 6.46. The van der Waals surface area contributed by atoms with E-state index in [4.69, 9.17) is 4.74 Å². The van der Waals surface area contributed by atoms with E-state index in [1.807, 2.05) is 39.0 Å². The Morgan fingerprint density at radius 2 is 2.12 bits per heavy atom. The Morgan fingerprint density at radius 3 is 2.65 bits per heavy atom. The summed E-state index contributed by atoms with van der Waals surface area (Å²) in [6.07, 6.45) is 0. The van der Waals surface area contributed by atoms with Crippen molar-refractivity contribution >= 4 is 21.6 Å². The number of nitrogens with one attached hydrogen (secondary N) is 1. The fourth-order valence-corrected chi connectivity index (χ4v) is 1.63. The quantitative estimate of drug-likeness (QED) is 0.877. The van der Waals surface area contributed by atoms with Gasteiger partial charge in [0.05, 0.1) is 18.4 Å². The van der Waals surface area contributed by atoms with Gasteiger partial charge in [0.1, 0.15) is 5.75 Å².